The van der Waals surface area contributed by atoms with E-state index in [0.29, 0.717) is 24.5 Å². The minimum absolute atomic E-state index is 0.0832. The van der Waals surface area contributed by atoms with Gasteiger partial charge in [-0.15, -0.1) is 0 Å². The molecule has 0 spiro atoms. The maximum Gasteiger partial charge on any atom is 0.407 e. The third kappa shape index (κ3) is 6.19. The molecule has 1 N–H and O–H groups in total. The number of ether oxygens (including phenoxy) is 3. The Balaban J connectivity index is 1.67. The van der Waals surface area contributed by atoms with Gasteiger partial charge in [0.15, 0.2) is 11.5 Å². The average Bonchev–Trinajstić information content (AvgIpc) is 2.83. The van der Waals surface area contributed by atoms with Crippen molar-refractivity contribution in [3.63, 3.8) is 0 Å². The maximum absolute atomic E-state index is 12.9. The van der Waals surface area contributed by atoms with Crippen molar-refractivity contribution in [3.8, 4) is 17.6 Å². The summed E-state index contributed by atoms with van der Waals surface area (Å²) in [5, 5.41) is 12.1. The molecule has 0 aliphatic carbocycles. The Hall–Kier alpha value is -3.24. The molecule has 4 rings (SSSR count). The monoisotopic (exact) mass is 505 g/mol. The van der Waals surface area contributed by atoms with Gasteiger partial charge >= 0.3 is 6.09 Å². The molecule has 0 radical (unpaired) electrons. The molecule has 3 atom stereocenters. The predicted octanol–water partition coefficient (Wildman–Crippen LogP) is 5.58. The number of nitrogens with one attached hydrogen (secondary N) is 1. The van der Waals surface area contributed by atoms with E-state index in [4.69, 9.17) is 19.5 Å². The molecular formula is C30H39N3O4. The lowest BCUT2D eigenvalue weighted by Gasteiger charge is -2.48. The first-order valence-electron chi connectivity index (χ1n) is 13.1. The van der Waals surface area contributed by atoms with E-state index in [1.165, 1.54) is 27.8 Å². The molecule has 0 aromatic heterocycles. The van der Waals surface area contributed by atoms with Gasteiger partial charge in [-0.1, -0.05) is 23.8 Å². The van der Waals surface area contributed by atoms with Gasteiger partial charge in [0, 0.05) is 31.1 Å². The highest BCUT2D eigenvalue weighted by Gasteiger charge is 2.41. The minimum atomic E-state index is -0.563. The number of carbonyl (C=O) groups excluding carboxylic acids is 1. The molecule has 1 amide bonds. The van der Waals surface area contributed by atoms with Crippen LogP contribution in [0.25, 0.3) is 0 Å². The molecule has 2 aliphatic rings. The molecule has 7 nitrogen and oxygen atoms in total. The van der Waals surface area contributed by atoms with Crippen LogP contribution in [0.5, 0.6) is 11.5 Å². The van der Waals surface area contributed by atoms with Crippen molar-refractivity contribution < 1.29 is 19.0 Å². The van der Waals surface area contributed by atoms with Crippen molar-refractivity contribution in [1.82, 2.24) is 10.2 Å². The molecule has 3 unspecified atom stereocenters. The number of nitriles is 1. The van der Waals surface area contributed by atoms with Gasteiger partial charge in [0.2, 0.25) is 0 Å². The normalized spacial score (nSPS) is 21.3. The highest BCUT2D eigenvalue weighted by Crippen LogP contribution is 2.45. The zero-order valence-corrected chi connectivity index (χ0v) is 22.9. The van der Waals surface area contributed by atoms with Gasteiger partial charge < -0.3 is 19.5 Å². The summed E-state index contributed by atoms with van der Waals surface area (Å²) < 4.78 is 17.2. The first-order valence-corrected chi connectivity index (χ1v) is 13.1. The smallest absolute Gasteiger partial charge is 0.407 e. The Morgan fingerprint density at radius 1 is 1.16 bits per heavy atom. The molecule has 0 bridgehead atoms. The fourth-order valence-electron chi connectivity index (χ4n) is 5.61. The number of aryl methyl sites for hydroxylation is 2. The van der Waals surface area contributed by atoms with Crippen molar-refractivity contribution in [2.75, 3.05) is 26.8 Å². The number of rotatable bonds is 6. The average molecular weight is 506 g/mol. The van der Waals surface area contributed by atoms with Crippen molar-refractivity contribution in [2.45, 2.75) is 77.5 Å². The second-order valence-corrected chi connectivity index (χ2v) is 11.2. The number of fused-ring (bicyclic) bond motifs is 3. The Labute approximate surface area is 220 Å². The second-order valence-electron chi connectivity index (χ2n) is 11.2. The number of nitrogens with zero attached hydrogens (tertiary/aromatic N) is 2. The number of piperidine rings is 1. The molecule has 2 aromatic carbocycles. The fraction of sp³-hybridized carbons (Fsp3) is 0.533. The second kappa shape index (κ2) is 11.0. The summed E-state index contributed by atoms with van der Waals surface area (Å²) in [4.78, 5) is 15.5. The fourth-order valence-corrected chi connectivity index (χ4v) is 5.61. The molecule has 37 heavy (non-hydrogen) atoms. The van der Waals surface area contributed by atoms with E-state index in [9.17, 15) is 4.79 Å². The molecule has 1 fully saturated rings. The van der Waals surface area contributed by atoms with Gasteiger partial charge in [-0.05, 0) is 81.8 Å². The third-order valence-corrected chi connectivity index (χ3v) is 7.30. The van der Waals surface area contributed by atoms with Crippen LogP contribution in [0.4, 0.5) is 4.79 Å². The molecule has 7 heteroatoms. The van der Waals surface area contributed by atoms with Crippen LogP contribution in [0.1, 0.15) is 73.4 Å². The van der Waals surface area contributed by atoms with Crippen molar-refractivity contribution in [1.29, 1.82) is 5.26 Å². The van der Waals surface area contributed by atoms with E-state index in [1.807, 2.05) is 20.8 Å². The van der Waals surface area contributed by atoms with E-state index in [2.05, 4.69) is 60.5 Å². The van der Waals surface area contributed by atoms with Crippen LogP contribution in [0.2, 0.25) is 0 Å². The zero-order chi connectivity index (χ0) is 26.7. The summed E-state index contributed by atoms with van der Waals surface area (Å²) in [6.07, 6.45) is 1.63. The van der Waals surface area contributed by atoms with E-state index < -0.39 is 5.60 Å². The number of alkyl carbamates (subject to hydrolysis) is 1. The largest absolute Gasteiger partial charge is 0.493 e. The van der Waals surface area contributed by atoms with Crippen LogP contribution in [0.3, 0.4) is 0 Å². The Bertz CT molecular complexity index is 1180. The van der Waals surface area contributed by atoms with Gasteiger partial charge in [0.25, 0.3) is 0 Å². The number of methoxy groups -OCH3 is 1. The highest BCUT2D eigenvalue weighted by atomic mass is 16.6. The lowest BCUT2D eigenvalue weighted by Crippen LogP contribution is -2.53. The molecule has 2 aromatic rings. The van der Waals surface area contributed by atoms with Crippen LogP contribution >= 0.6 is 0 Å². The highest BCUT2D eigenvalue weighted by molar-refractivity contribution is 5.68. The van der Waals surface area contributed by atoms with Gasteiger partial charge in [-0.3, -0.25) is 4.90 Å². The van der Waals surface area contributed by atoms with Crippen LogP contribution in [-0.4, -0.2) is 49.4 Å². The number of hydrogen-bond acceptors (Lipinski definition) is 6. The van der Waals surface area contributed by atoms with Crippen LogP contribution < -0.4 is 14.8 Å². The van der Waals surface area contributed by atoms with Crippen LogP contribution in [0.15, 0.2) is 30.3 Å². The molecular weight excluding hydrogens is 466 g/mol. The van der Waals surface area contributed by atoms with E-state index >= 15 is 0 Å². The van der Waals surface area contributed by atoms with Gasteiger partial charge in [-0.25, -0.2) is 4.79 Å². The van der Waals surface area contributed by atoms with E-state index in [0.717, 1.165) is 25.9 Å². The van der Waals surface area contributed by atoms with Crippen LogP contribution in [-0.2, 0) is 11.2 Å². The van der Waals surface area contributed by atoms with Crippen molar-refractivity contribution >= 4 is 6.09 Å². The first kappa shape index (κ1) is 26.8. The Morgan fingerprint density at radius 2 is 1.95 bits per heavy atom. The first-order chi connectivity index (χ1) is 17.6. The molecule has 0 saturated carbocycles. The summed E-state index contributed by atoms with van der Waals surface area (Å²) in [7, 11) is 1.64. The van der Waals surface area contributed by atoms with Gasteiger partial charge in [0.05, 0.1) is 19.6 Å². The topological polar surface area (TPSA) is 83.8 Å². The minimum Gasteiger partial charge on any atom is -0.493 e. The molecule has 2 heterocycles. The molecule has 198 valence electrons. The Kier molecular flexibility index (Phi) is 7.99. The summed E-state index contributed by atoms with van der Waals surface area (Å²) in [5.74, 6) is 1.50. The number of hydrogen-bond donors (Lipinski definition) is 1. The van der Waals surface area contributed by atoms with Crippen molar-refractivity contribution in [2.24, 2.45) is 0 Å². The lowest BCUT2D eigenvalue weighted by atomic mass is 9.76. The zero-order valence-electron chi connectivity index (χ0n) is 22.9. The molecule has 1 saturated heterocycles. The predicted molar refractivity (Wildman–Crippen MR) is 143 cm³/mol. The third-order valence-electron chi connectivity index (χ3n) is 7.30. The lowest BCUT2D eigenvalue weighted by molar-refractivity contribution is 0.0412. The standard InChI is InChI=1S/C30H39N3O4/c1-19-8-9-20(2)22(14-19)24-18-33-12-10-21-15-28(36-13-7-11-31)27(35-6)16-23(21)26(33)17-25(24)32-29(34)37-30(3,4)5/h8-9,14-16,24-26H,7,10,12-13,17-18H2,1-6H3,(H,32,34). The Morgan fingerprint density at radius 3 is 2.65 bits per heavy atom. The summed E-state index contributed by atoms with van der Waals surface area (Å²) >= 11 is 0. The van der Waals surface area contributed by atoms with E-state index in [1.54, 1.807) is 7.11 Å². The SMILES string of the molecule is COc1cc2c(cc1OCCC#N)CCN1CC(c3cc(C)ccc3C)C(NC(=O)OC(C)(C)C)CC21. The van der Waals surface area contributed by atoms with Gasteiger partial charge in [-0.2, -0.15) is 5.26 Å². The summed E-state index contributed by atoms with van der Waals surface area (Å²) in [6.45, 7) is 12.0. The number of amides is 1. The quantitative estimate of drug-likeness (QED) is 0.516. The summed E-state index contributed by atoms with van der Waals surface area (Å²) in [5.41, 5.74) is 5.62. The number of benzene rings is 2. The molecule has 2 aliphatic heterocycles. The number of carbonyl (C=O) groups is 1. The van der Waals surface area contributed by atoms with Crippen molar-refractivity contribution in [3.05, 3.63) is 58.1 Å². The van der Waals surface area contributed by atoms with Crippen LogP contribution in [0, 0.1) is 25.2 Å². The maximum atomic E-state index is 12.9. The summed E-state index contributed by atoms with van der Waals surface area (Å²) in [6, 6.07) is 12.9. The van der Waals surface area contributed by atoms with Gasteiger partial charge in [0.1, 0.15) is 12.2 Å². The van der Waals surface area contributed by atoms with E-state index in [-0.39, 0.29) is 24.1 Å².